The van der Waals surface area contributed by atoms with Gasteiger partial charge in [-0.3, -0.25) is 4.90 Å². The number of aromatic nitrogens is 2. The number of aryl methyl sites for hydroxylation is 1. The van der Waals surface area contributed by atoms with Crippen LogP contribution in [0.1, 0.15) is 31.9 Å². The van der Waals surface area contributed by atoms with Gasteiger partial charge in [-0.2, -0.15) is 0 Å². The number of nitrogens with one attached hydrogen (secondary N) is 1. The highest BCUT2D eigenvalue weighted by atomic mass is 15.2. The Morgan fingerprint density at radius 1 is 1.10 bits per heavy atom. The third kappa shape index (κ3) is 3.32. The van der Waals surface area contributed by atoms with Crippen LogP contribution in [0.3, 0.4) is 0 Å². The minimum absolute atomic E-state index is 0.540. The van der Waals surface area contributed by atoms with Crippen molar-refractivity contribution in [2.75, 3.05) is 25.0 Å². The van der Waals surface area contributed by atoms with Crippen molar-refractivity contribution in [1.82, 2.24) is 14.9 Å². The lowest BCUT2D eigenvalue weighted by Gasteiger charge is -2.32. The van der Waals surface area contributed by atoms with Gasteiger partial charge < -0.3 is 5.32 Å². The first-order valence-corrected chi connectivity index (χ1v) is 7.95. The second-order valence-corrected chi connectivity index (χ2v) is 5.97. The molecule has 1 aliphatic heterocycles. The molecular weight excluding hydrogens is 260 g/mol. The summed E-state index contributed by atoms with van der Waals surface area (Å²) < 4.78 is 0. The van der Waals surface area contributed by atoms with Crippen LogP contribution in [0.25, 0.3) is 11.0 Å². The van der Waals surface area contributed by atoms with E-state index < -0.39 is 0 Å². The number of benzene rings is 1. The van der Waals surface area contributed by atoms with Gasteiger partial charge in [0.15, 0.2) is 0 Å². The smallest absolute Gasteiger partial charge is 0.148 e. The first-order chi connectivity index (χ1) is 10.2. The zero-order valence-corrected chi connectivity index (χ0v) is 13.0. The highest BCUT2D eigenvalue weighted by Gasteiger charge is 2.16. The van der Waals surface area contributed by atoms with Gasteiger partial charge in [0.1, 0.15) is 5.82 Å². The summed E-state index contributed by atoms with van der Waals surface area (Å²) in [5.74, 6) is 0.914. The lowest BCUT2D eigenvalue weighted by atomic mass is 10.1. The summed E-state index contributed by atoms with van der Waals surface area (Å²) in [4.78, 5) is 11.9. The zero-order chi connectivity index (χ0) is 14.7. The van der Waals surface area contributed by atoms with Crippen LogP contribution in [0.15, 0.2) is 24.3 Å². The Hall–Kier alpha value is -1.68. The van der Waals surface area contributed by atoms with Crippen LogP contribution in [-0.2, 0) is 0 Å². The number of piperidine rings is 1. The van der Waals surface area contributed by atoms with E-state index in [0.29, 0.717) is 6.04 Å². The van der Waals surface area contributed by atoms with Crippen LogP contribution < -0.4 is 5.32 Å². The Labute approximate surface area is 126 Å². The van der Waals surface area contributed by atoms with E-state index in [-0.39, 0.29) is 0 Å². The average Bonchev–Trinajstić information content (AvgIpc) is 2.53. The number of rotatable bonds is 4. The van der Waals surface area contributed by atoms with Gasteiger partial charge >= 0.3 is 0 Å². The van der Waals surface area contributed by atoms with E-state index >= 15 is 0 Å². The maximum absolute atomic E-state index is 4.70. The minimum Gasteiger partial charge on any atom is -0.367 e. The maximum Gasteiger partial charge on any atom is 0.148 e. The van der Waals surface area contributed by atoms with Crippen LogP contribution in [0.2, 0.25) is 0 Å². The topological polar surface area (TPSA) is 41.1 Å². The van der Waals surface area contributed by atoms with Crippen molar-refractivity contribution in [1.29, 1.82) is 0 Å². The molecule has 1 aromatic carbocycles. The second-order valence-electron chi connectivity index (χ2n) is 5.97. The summed E-state index contributed by atoms with van der Waals surface area (Å²) in [5, 5.41) is 3.49. The van der Waals surface area contributed by atoms with Crippen LogP contribution in [0.4, 0.5) is 5.82 Å². The summed E-state index contributed by atoms with van der Waals surface area (Å²) in [6.45, 7) is 7.69. The highest BCUT2D eigenvalue weighted by Crippen LogP contribution is 2.17. The number of para-hydroxylation sites is 2. The molecule has 3 rings (SSSR count). The molecule has 2 heterocycles. The van der Waals surface area contributed by atoms with E-state index in [1.54, 1.807) is 0 Å². The SMILES string of the molecule is Cc1nc2ccccc2nc1NCC(C)N1CCCCC1. The van der Waals surface area contributed by atoms with Gasteiger partial charge in [0.05, 0.1) is 16.7 Å². The summed E-state index contributed by atoms with van der Waals surface area (Å²) >= 11 is 0. The standard InChI is InChI=1S/C17H24N4/c1-13(21-10-6-3-7-11-21)12-18-17-14(2)19-15-8-4-5-9-16(15)20-17/h4-5,8-9,13H,3,6-7,10-12H2,1-2H3,(H,18,20). The van der Waals surface area contributed by atoms with E-state index in [1.165, 1.54) is 32.4 Å². The first-order valence-electron chi connectivity index (χ1n) is 7.95. The molecule has 1 aromatic heterocycles. The van der Waals surface area contributed by atoms with Gasteiger partial charge in [-0.15, -0.1) is 0 Å². The molecule has 0 saturated carbocycles. The van der Waals surface area contributed by atoms with Crippen LogP contribution in [-0.4, -0.2) is 40.5 Å². The Bertz CT molecular complexity index is 605. The first kappa shape index (κ1) is 14.3. The maximum atomic E-state index is 4.70. The quantitative estimate of drug-likeness (QED) is 0.936. The Balaban J connectivity index is 1.68. The zero-order valence-electron chi connectivity index (χ0n) is 13.0. The fourth-order valence-electron chi connectivity index (χ4n) is 2.99. The van der Waals surface area contributed by atoms with E-state index in [9.17, 15) is 0 Å². The summed E-state index contributed by atoms with van der Waals surface area (Å²) in [5.41, 5.74) is 2.89. The second kappa shape index (κ2) is 6.39. The molecule has 4 nitrogen and oxygen atoms in total. The third-order valence-electron chi connectivity index (χ3n) is 4.32. The van der Waals surface area contributed by atoms with Crippen LogP contribution in [0, 0.1) is 6.92 Å². The largest absolute Gasteiger partial charge is 0.367 e. The molecule has 112 valence electrons. The highest BCUT2D eigenvalue weighted by molar-refractivity contribution is 5.76. The number of nitrogens with zero attached hydrogens (tertiary/aromatic N) is 3. The monoisotopic (exact) mass is 284 g/mol. The number of likely N-dealkylation sites (tertiary alicyclic amines) is 1. The third-order valence-corrected chi connectivity index (χ3v) is 4.32. The molecule has 1 aliphatic rings. The van der Waals surface area contributed by atoms with E-state index in [0.717, 1.165) is 29.1 Å². The van der Waals surface area contributed by atoms with Gasteiger partial charge in [-0.05, 0) is 51.9 Å². The van der Waals surface area contributed by atoms with Gasteiger partial charge in [0.2, 0.25) is 0 Å². The summed E-state index contributed by atoms with van der Waals surface area (Å²) in [6, 6.07) is 8.57. The van der Waals surface area contributed by atoms with Crippen molar-refractivity contribution in [2.45, 2.75) is 39.2 Å². The molecule has 0 spiro atoms. The van der Waals surface area contributed by atoms with Crippen molar-refractivity contribution in [3.05, 3.63) is 30.0 Å². The van der Waals surface area contributed by atoms with Gasteiger partial charge in [0, 0.05) is 12.6 Å². The predicted octanol–water partition coefficient (Wildman–Crippen LogP) is 3.22. The van der Waals surface area contributed by atoms with Crippen LogP contribution in [0.5, 0.6) is 0 Å². The summed E-state index contributed by atoms with van der Waals surface area (Å²) in [7, 11) is 0. The van der Waals surface area contributed by atoms with Gasteiger partial charge in [0.25, 0.3) is 0 Å². The van der Waals surface area contributed by atoms with Crippen molar-refractivity contribution in [2.24, 2.45) is 0 Å². The number of hydrogen-bond acceptors (Lipinski definition) is 4. The van der Waals surface area contributed by atoms with E-state index in [1.807, 2.05) is 31.2 Å². The normalized spacial score (nSPS) is 17.8. The lowest BCUT2D eigenvalue weighted by Crippen LogP contribution is -2.41. The Kier molecular flexibility index (Phi) is 4.34. The molecule has 1 saturated heterocycles. The Morgan fingerprint density at radius 3 is 2.48 bits per heavy atom. The van der Waals surface area contributed by atoms with Crippen LogP contribution >= 0.6 is 0 Å². The van der Waals surface area contributed by atoms with E-state index in [4.69, 9.17) is 4.98 Å². The molecule has 0 aliphatic carbocycles. The van der Waals surface area contributed by atoms with Crippen molar-refractivity contribution < 1.29 is 0 Å². The molecule has 2 aromatic rings. The predicted molar refractivity (Wildman–Crippen MR) is 87.7 cm³/mol. The molecule has 0 bridgehead atoms. The van der Waals surface area contributed by atoms with Crippen molar-refractivity contribution in [3.63, 3.8) is 0 Å². The average molecular weight is 284 g/mol. The Morgan fingerprint density at radius 2 is 1.76 bits per heavy atom. The van der Waals surface area contributed by atoms with Gasteiger partial charge in [-0.25, -0.2) is 9.97 Å². The molecule has 1 atom stereocenters. The van der Waals surface area contributed by atoms with Gasteiger partial charge in [-0.1, -0.05) is 18.6 Å². The van der Waals surface area contributed by atoms with Crippen molar-refractivity contribution >= 4 is 16.9 Å². The lowest BCUT2D eigenvalue weighted by molar-refractivity contribution is 0.180. The van der Waals surface area contributed by atoms with E-state index in [2.05, 4.69) is 22.1 Å². The molecule has 21 heavy (non-hydrogen) atoms. The molecule has 1 N–H and O–H groups in total. The fraction of sp³-hybridized carbons (Fsp3) is 0.529. The summed E-state index contributed by atoms with van der Waals surface area (Å²) in [6.07, 6.45) is 4.05. The molecular formula is C17H24N4. The molecule has 1 fully saturated rings. The molecule has 1 unspecified atom stereocenters. The minimum atomic E-state index is 0.540. The molecule has 0 amide bonds. The molecule has 4 heteroatoms. The number of anilines is 1. The number of fused-ring (bicyclic) bond motifs is 1. The molecule has 0 radical (unpaired) electrons. The van der Waals surface area contributed by atoms with Crippen molar-refractivity contribution in [3.8, 4) is 0 Å². The number of hydrogen-bond donors (Lipinski definition) is 1. The fourth-order valence-corrected chi connectivity index (χ4v) is 2.99.